The lowest BCUT2D eigenvalue weighted by atomic mass is 10.1. The number of aromatic nitrogens is 1. The van der Waals surface area contributed by atoms with Gasteiger partial charge in [0.1, 0.15) is 0 Å². The molecular formula is C15H26N2. The molecule has 0 bridgehead atoms. The van der Waals surface area contributed by atoms with Gasteiger partial charge in [-0.05, 0) is 51.2 Å². The first-order valence-electron chi connectivity index (χ1n) is 6.93. The van der Waals surface area contributed by atoms with Crippen molar-refractivity contribution < 1.29 is 0 Å². The summed E-state index contributed by atoms with van der Waals surface area (Å²) in [5.74, 6) is 0.922. The van der Waals surface area contributed by atoms with E-state index in [1.165, 1.54) is 37.8 Å². The fraction of sp³-hybridized carbons (Fsp3) is 0.733. The fourth-order valence-electron chi connectivity index (χ4n) is 2.57. The molecule has 0 saturated heterocycles. The van der Waals surface area contributed by atoms with Crippen LogP contribution in [-0.2, 0) is 13.1 Å². The average Bonchev–Trinajstić information content (AvgIpc) is 2.86. The number of hydrogen-bond donors (Lipinski definition) is 1. The van der Waals surface area contributed by atoms with Gasteiger partial charge < -0.3 is 9.88 Å². The van der Waals surface area contributed by atoms with Gasteiger partial charge in [-0.25, -0.2) is 0 Å². The van der Waals surface area contributed by atoms with Gasteiger partial charge in [0.15, 0.2) is 0 Å². The Morgan fingerprint density at radius 1 is 1.29 bits per heavy atom. The topological polar surface area (TPSA) is 17.0 Å². The third kappa shape index (κ3) is 4.19. The number of nitrogens with zero attached hydrogens (tertiary/aromatic N) is 1. The van der Waals surface area contributed by atoms with Gasteiger partial charge in [-0.15, -0.1) is 0 Å². The van der Waals surface area contributed by atoms with Crippen molar-refractivity contribution >= 4 is 0 Å². The first-order chi connectivity index (χ1) is 8.03. The first-order valence-corrected chi connectivity index (χ1v) is 6.93. The summed E-state index contributed by atoms with van der Waals surface area (Å²) in [4.78, 5) is 0. The van der Waals surface area contributed by atoms with Crippen molar-refractivity contribution in [1.29, 1.82) is 0 Å². The molecule has 2 rings (SSSR count). The van der Waals surface area contributed by atoms with Crippen molar-refractivity contribution in [2.75, 3.05) is 0 Å². The average molecular weight is 234 g/mol. The van der Waals surface area contributed by atoms with E-state index in [-0.39, 0.29) is 5.54 Å². The zero-order chi connectivity index (χ0) is 12.3. The summed E-state index contributed by atoms with van der Waals surface area (Å²) in [5, 5.41) is 3.53. The van der Waals surface area contributed by atoms with Gasteiger partial charge in [-0.3, -0.25) is 0 Å². The maximum atomic E-state index is 3.53. The van der Waals surface area contributed by atoms with E-state index in [0.29, 0.717) is 0 Å². The quantitative estimate of drug-likeness (QED) is 0.843. The van der Waals surface area contributed by atoms with E-state index >= 15 is 0 Å². The van der Waals surface area contributed by atoms with E-state index in [0.717, 1.165) is 12.5 Å². The Morgan fingerprint density at radius 2 is 2.00 bits per heavy atom. The molecule has 0 unspecified atom stereocenters. The van der Waals surface area contributed by atoms with Crippen LogP contribution in [0.5, 0.6) is 0 Å². The van der Waals surface area contributed by atoms with Crippen molar-refractivity contribution in [2.24, 2.45) is 5.92 Å². The smallest absolute Gasteiger partial charge is 0.0248 e. The van der Waals surface area contributed by atoms with E-state index in [1.54, 1.807) is 0 Å². The molecule has 0 atom stereocenters. The molecule has 1 fully saturated rings. The van der Waals surface area contributed by atoms with Crippen LogP contribution in [0.1, 0.15) is 52.0 Å². The number of nitrogens with one attached hydrogen (secondary N) is 1. The van der Waals surface area contributed by atoms with Crippen LogP contribution in [0.2, 0.25) is 0 Å². The lowest BCUT2D eigenvalue weighted by Crippen LogP contribution is -2.34. The third-order valence-corrected chi connectivity index (χ3v) is 3.58. The molecule has 96 valence electrons. The van der Waals surface area contributed by atoms with Crippen LogP contribution in [0, 0.1) is 5.92 Å². The molecule has 2 heteroatoms. The Balaban J connectivity index is 1.83. The van der Waals surface area contributed by atoms with Crippen molar-refractivity contribution in [3.63, 3.8) is 0 Å². The van der Waals surface area contributed by atoms with E-state index in [4.69, 9.17) is 0 Å². The highest BCUT2D eigenvalue weighted by Gasteiger charge is 2.15. The van der Waals surface area contributed by atoms with Crippen LogP contribution < -0.4 is 5.32 Å². The molecule has 0 aromatic carbocycles. The van der Waals surface area contributed by atoms with Gasteiger partial charge in [0.05, 0.1) is 0 Å². The Hall–Kier alpha value is -0.760. The lowest BCUT2D eigenvalue weighted by molar-refractivity contribution is 0.423. The lowest BCUT2D eigenvalue weighted by Gasteiger charge is -2.19. The maximum absolute atomic E-state index is 3.53. The molecule has 1 saturated carbocycles. The molecule has 0 radical (unpaired) electrons. The van der Waals surface area contributed by atoms with Crippen molar-refractivity contribution in [2.45, 2.75) is 65.1 Å². The van der Waals surface area contributed by atoms with Crippen molar-refractivity contribution in [3.8, 4) is 0 Å². The second-order valence-electron chi connectivity index (χ2n) is 6.47. The van der Waals surface area contributed by atoms with Gasteiger partial charge >= 0.3 is 0 Å². The molecule has 0 spiro atoms. The van der Waals surface area contributed by atoms with Crippen LogP contribution >= 0.6 is 0 Å². The fourth-order valence-corrected chi connectivity index (χ4v) is 2.57. The van der Waals surface area contributed by atoms with E-state index in [2.05, 4.69) is 49.1 Å². The van der Waals surface area contributed by atoms with Crippen molar-refractivity contribution in [3.05, 3.63) is 24.0 Å². The summed E-state index contributed by atoms with van der Waals surface area (Å²) in [6, 6.07) is 2.24. The van der Waals surface area contributed by atoms with Crippen LogP contribution in [0.25, 0.3) is 0 Å². The molecular weight excluding hydrogens is 208 g/mol. The van der Waals surface area contributed by atoms with Gasteiger partial charge in [0.2, 0.25) is 0 Å². The molecule has 17 heavy (non-hydrogen) atoms. The predicted molar refractivity (Wildman–Crippen MR) is 73.0 cm³/mol. The molecule has 1 aliphatic carbocycles. The highest BCUT2D eigenvalue weighted by atomic mass is 15.0. The summed E-state index contributed by atoms with van der Waals surface area (Å²) >= 11 is 0. The SMILES string of the molecule is CC(C)(C)NCc1ccn(CC2CCCC2)c1. The number of hydrogen-bond acceptors (Lipinski definition) is 1. The summed E-state index contributed by atoms with van der Waals surface area (Å²) in [6.45, 7) is 8.82. The molecule has 0 aliphatic heterocycles. The molecule has 1 N–H and O–H groups in total. The highest BCUT2D eigenvalue weighted by molar-refractivity contribution is 5.10. The van der Waals surface area contributed by atoms with E-state index in [1.807, 2.05) is 0 Å². The predicted octanol–water partition coefficient (Wildman–Crippen LogP) is 3.57. The maximum Gasteiger partial charge on any atom is 0.0248 e. The molecule has 1 aromatic rings. The second-order valence-corrected chi connectivity index (χ2v) is 6.47. The molecule has 1 aromatic heterocycles. The van der Waals surface area contributed by atoms with Gasteiger partial charge in [0.25, 0.3) is 0 Å². The third-order valence-electron chi connectivity index (χ3n) is 3.58. The van der Waals surface area contributed by atoms with Gasteiger partial charge in [0, 0.05) is 31.0 Å². The minimum absolute atomic E-state index is 0.202. The van der Waals surface area contributed by atoms with Crippen LogP contribution in [0.15, 0.2) is 18.5 Å². The minimum Gasteiger partial charge on any atom is -0.354 e. The Morgan fingerprint density at radius 3 is 2.65 bits per heavy atom. The zero-order valence-corrected chi connectivity index (χ0v) is 11.5. The Labute approximate surface area is 105 Å². The summed E-state index contributed by atoms with van der Waals surface area (Å²) in [5.41, 5.74) is 1.60. The van der Waals surface area contributed by atoms with Crippen LogP contribution in [0.3, 0.4) is 0 Å². The van der Waals surface area contributed by atoms with Gasteiger partial charge in [-0.2, -0.15) is 0 Å². The molecule has 1 aliphatic rings. The van der Waals surface area contributed by atoms with Crippen LogP contribution in [0.4, 0.5) is 0 Å². The summed E-state index contributed by atoms with van der Waals surface area (Å²) in [7, 11) is 0. The van der Waals surface area contributed by atoms with E-state index < -0.39 is 0 Å². The summed E-state index contributed by atoms with van der Waals surface area (Å²) in [6.07, 6.45) is 10.3. The van der Waals surface area contributed by atoms with Gasteiger partial charge in [-0.1, -0.05) is 12.8 Å². The van der Waals surface area contributed by atoms with Crippen molar-refractivity contribution in [1.82, 2.24) is 9.88 Å². The summed E-state index contributed by atoms with van der Waals surface area (Å²) < 4.78 is 2.37. The molecule has 1 heterocycles. The number of rotatable bonds is 4. The second kappa shape index (κ2) is 5.26. The monoisotopic (exact) mass is 234 g/mol. The minimum atomic E-state index is 0.202. The largest absolute Gasteiger partial charge is 0.354 e. The Bertz CT molecular complexity index is 340. The normalized spacial score (nSPS) is 17.8. The highest BCUT2D eigenvalue weighted by Crippen LogP contribution is 2.26. The standard InChI is InChI=1S/C15H26N2/c1-15(2,3)16-10-14-8-9-17(12-14)11-13-6-4-5-7-13/h8-9,12-13,16H,4-7,10-11H2,1-3H3. The molecule has 2 nitrogen and oxygen atoms in total. The first kappa shape index (κ1) is 12.7. The van der Waals surface area contributed by atoms with Crippen LogP contribution in [-0.4, -0.2) is 10.1 Å². The van der Waals surface area contributed by atoms with E-state index in [9.17, 15) is 0 Å². The Kier molecular flexibility index (Phi) is 3.93. The zero-order valence-electron chi connectivity index (χ0n) is 11.5. The molecule has 0 amide bonds.